The van der Waals surface area contributed by atoms with Crippen LogP contribution in [-0.4, -0.2) is 67.6 Å². The van der Waals surface area contributed by atoms with E-state index in [2.05, 4.69) is 36.9 Å². The Morgan fingerprint density at radius 3 is 2.73 bits per heavy atom. The van der Waals surface area contributed by atoms with Crippen LogP contribution in [-0.2, 0) is 11.2 Å². The Morgan fingerprint density at radius 1 is 1.20 bits per heavy atom. The molecule has 13 heteroatoms. The van der Waals surface area contributed by atoms with Crippen molar-refractivity contribution < 1.29 is 13.7 Å². The summed E-state index contributed by atoms with van der Waals surface area (Å²) in [7, 11) is 0. The lowest BCUT2D eigenvalue weighted by Gasteiger charge is -2.44. The zero-order valence-electron chi connectivity index (χ0n) is 24.5. The quantitative estimate of drug-likeness (QED) is 0.235. The van der Waals surface area contributed by atoms with E-state index in [9.17, 15) is 4.79 Å². The van der Waals surface area contributed by atoms with Crippen molar-refractivity contribution in [1.82, 2.24) is 30.0 Å². The van der Waals surface area contributed by atoms with E-state index in [0.717, 1.165) is 5.56 Å². The first-order valence-electron chi connectivity index (χ1n) is 14.2. The highest BCUT2D eigenvalue weighted by Gasteiger charge is 2.34. The summed E-state index contributed by atoms with van der Waals surface area (Å²) in [6.07, 6.45) is 5.18. The lowest BCUT2D eigenvalue weighted by molar-refractivity contribution is -0.128. The summed E-state index contributed by atoms with van der Waals surface area (Å²) in [6, 6.07) is 6.69. The Labute approximate surface area is 257 Å². The molecule has 1 aliphatic heterocycles. The summed E-state index contributed by atoms with van der Waals surface area (Å²) in [5, 5.41) is 8.19. The smallest absolute Gasteiger partial charge is 0.246 e. The minimum Gasteiger partial charge on any atom is -0.380 e. The van der Waals surface area contributed by atoms with Gasteiger partial charge in [-0.2, -0.15) is 4.98 Å². The number of rotatable bonds is 7. The maximum Gasteiger partial charge on any atom is 0.246 e. The highest BCUT2D eigenvalue weighted by Crippen LogP contribution is 2.44. The third-order valence-corrected chi connectivity index (χ3v) is 8.25. The van der Waals surface area contributed by atoms with E-state index in [1.807, 2.05) is 20.8 Å². The molecule has 6 rings (SSSR count). The predicted molar refractivity (Wildman–Crippen MR) is 169 cm³/mol. The summed E-state index contributed by atoms with van der Waals surface area (Å²) < 4.78 is 22.2. The number of fused-ring (bicyclic) bond motifs is 2. The average Bonchev–Trinajstić information content (AvgIpc) is 3.39. The molecule has 4 heterocycles. The van der Waals surface area contributed by atoms with E-state index in [4.69, 9.17) is 26.8 Å². The normalized spacial score (nSPS) is 16.9. The van der Waals surface area contributed by atoms with Gasteiger partial charge in [-0.15, -0.1) is 0 Å². The molecule has 5 aromatic rings. The number of halogens is 2. The fraction of sp³-hybridized carbons (Fsp3) is 0.290. The maximum absolute atomic E-state index is 16.9. The van der Waals surface area contributed by atoms with E-state index in [1.165, 1.54) is 6.08 Å². The van der Waals surface area contributed by atoms with E-state index in [0.29, 0.717) is 59.6 Å². The molecule has 11 nitrogen and oxygen atoms in total. The zero-order chi connectivity index (χ0) is 31.1. The number of carbonyl (C=O) groups excluding carboxylic acids is 1. The maximum atomic E-state index is 16.9. The van der Waals surface area contributed by atoms with Gasteiger partial charge < -0.3 is 25.4 Å². The van der Waals surface area contributed by atoms with E-state index in [-0.39, 0.29) is 45.9 Å². The lowest BCUT2D eigenvalue weighted by atomic mass is 9.94. The molecule has 3 aromatic heterocycles. The van der Waals surface area contributed by atoms with Crippen molar-refractivity contribution in [2.45, 2.75) is 39.3 Å². The number of nitrogen functional groups attached to an aromatic ring is 1. The minimum absolute atomic E-state index is 0.0868. The molecule has 3 N–H and O–H groups in total. The predicted octanol–water partition coefficient (Wildman–Crippen LogP) is 5.18. The molecule has 1 fully saturated rings. The van der Waals surface area contributed by atoms with Crippen LogP contribution in [0.15, 0.2) is 53.8 Å². The fourth-order valence-electron chi connectivity index (χ4n) is 5.78. The van der Waals surface area contributed by atoms with Crippen LogP contribution < -0.4 is 16.0 Å². The summed E-state index contributed by atoms with van der Waals surface area (Å²) >= 11 is 6.89. The van der Waals surface area contributed by atoms with Gasteiger partial charge in [-0.1, -0.05) is 29.4 Å². The SMILES string of the molecule is C=CC(=O)N1C[C@H](C)N(c2nc(NCCc3ncccn3)nc3c(F)c(-c4c(C)ccc5onc(N)c45)c(Cl)cc23)C[C@H]1C. The molecule has 2 aromatic carbocycles. The summed E-state index contributed by atoms with van der Waals surface area (Å²) in [4.78, 5) is 34.4. The van der Waals surface area contributed by atoms with E-state index < -0.39 is 5.82 Å². The third-order valence-electron chi connectivity index (χ3n) is 7.95. The number of nitrogens with zero attached hydrogens (tertiary/aromatic N) is 7. The number of piperazine rings is 1. The Morgan fingerprint density at radius 2 is 1.98 bits per heavy atom. The van der Waals surface area contributed by atoms with Crippen LogP contribution in [0.4, 0.5) is 22.0 Å². The van der Waals surface area contributed by atoms with Crippen LogP contribution >= 0.6 is 11.6 Å². The number of anilines is 3. The van der Waals surface area contributed by atoms with Crippen LogP contribution in [0.1, 0.15) is 25.2 Å². The molecule has 0 saturated carbocycles. The second-order valence-electron chi connectivity index (χ2n) is 10.9. The van der Waals surface area contributed by atoms with Crippen molar-refractivity contribution in [3.63, 3.8) is 0 Å². The van der Waals surface area contributed by atoms with Crippen molar-refractivity contribution in [1.29, 1.82) is 0 Å². The molecule has 226 valence electrons. The number of hydrogen-bond donors (Lipinski definition) is 2. The summed E-state index contributed by atoms with van der Waals surface area (Å²) in [5.74, 6) is 0.769. The molecule has 0 aliphatic carbocycles. The average molecular weight is 616 g/mol. The van der Waals surface area contributed by atoms with Crippen molar-refractivity contribution in [2.24, 2.45) is 0 Å². The molecule has 0 unspecified atom stereocenters. The second kappa shape index (κ2) is 11.7. The van der Waals surface area contributed by atoms with Crippen LogP contribution in [0.5, 0.6) is 0 Å². The molecule has 1 aliphatic rings. The number of aryl methyl sites for hydroxylation is 1. The topological polar surface area (TPSA) is 139 Å². The molecule has 2 atom stereocenters. The Hall–Kier alpha value is -4.84. The standard InChI is InChI=1S/C31H31ClFN9O2/c1-5-23(43)41-14-18(4)42(15-17(41)3)30-19-13-20(32)25(24-16(2)7-8-21-26(24)29(34)40-44-21)27(33)28(19)38-31(39-30)37-12-9-22-35-10-6-11-36-22/h5-8,10-11,13,17-18H,1,9,12,14-15H2,2-4H3,(H2,34,40)(H,37,38,39)/t17-,18+/m1/s1. The van der Waals surface area contributed by atoms with Crippen molar-refractivity contribution in [3.05, 3.63) is 71.5 Å². The molecule has 1 saturated heterocycles. The Kier molecular flexibility index (Phi) is 7.76. The number of nitrogens with two attached hydrogens (primary N) is 1. The summed E-state index contributed by atoms with van der Waals surface area (Å²) in [5.41, 5.74) is 8.04. The molecule has 0 bridgehead atoms. The number of carbonyl (C=O) groups is 1. The van der Waals surface area contributed by atoms with Gasteiger partial charge in [-0.3, -0.25) is 4.79 Å². The second-order valence-corrected chi connectivity index (χ2v) is 11.3. The molecule has 0 spiro atoms. The van der Waals surface area contributed by atoms with Gasteiger partial charge in [-0.25, -0.2) is 19.3 Å². The number of benzene rings is 2. The number of amides is 1. The van der Waals surface area contributed by atoms with Crippen molar-refractivity contribution in [3.8, 4) is 11.1 Å². The minimum atomic E-state index is -0.622. The van der Waals surface area contributed by atoms with Gasteiger partial charge >= 0.3 is 0 Å². The Bertz CT molecular complexity index is 1900. The van der Waals surface area contributed by atoms with Gasteiger partial charge in [0, 0.05) is 67.0 Å². The highest BCUT2D eigenvalue weighted by molar-refractivity contribution is 6.35. The first-order valence-corrected chi connectivity index (χ1v) is 14.6. The van der Waals surface area contributed by atoms with Gasteiger partial charge in [-0.05, 0) is 50.6 Å². The third kappa shape index (κ3) is 5.15. The monoisotopic (exact) mass is 615 g/mol. The molecule has 1 amide bonds. The molecular formula is C31H31ClFN9O2. The van der Waals surface area contributed by atoms with Gasteiger partial charge in [0.25, 0.3) is 0 Å². The van der Waals surface area contributed by atoms with Crippen LogP contribution in [0, 0.1) is 12.7 Å². The van der Waals surface area contributed by atoms with Gasteiger partial charge in [0.1, 0.15) is 17.2 Å². The number of aromatic nitrogens is 5. The number of hydrogen-bond acceptors (Lipinski definition) is 10. The lowest BCUT2D eigenvalue weighted by Crippen LogP contribution is -2.58. The van der Waals surface area contributed by atoms with Gasteiger partial charge in [0.05, 0.1) is 10.4 Å². The molecule has 44 heavy (non-hydrogen) atoms. The van der Waals surface area contributed by atoms with Crippen molar-refractivity contribution in [2.75, 3.05) is 35.6 Å². The summed E-state index contributed by atoms with van der Waals surface area (Å²) in [6.45, 7) is 10.8. The van der Waals surface area contributed by atoms with Gasteiger partial charge in [0.2, 0.25) is 11.9 Å². The Balaban J connectivity index is 1.50. The molecule has 0 radical (unpaired) electrons. The number of nitrogens with one attached hydrogen (secondary N) is 1. The van der Waals surface area contributed by atoms with Crippen molar-refractivity contribution >= 4 is 57.0 Å². The van der Waals surface area contributed by atoms with E-state index in [1.54, 1.807) is 41.6 Å². The van der Waals surface area contributed by atoms with Crippen LogP contribution in [0.2, 0.25) is 5.02 Å². The first-order chi connectivity index (χ1) is 21.2. The fourth-order valence-corrected chi connectivity index (χ4v) is 6.07. The zero-order valence-corrected chi connectivity index (χ0v) is 25.3. The van der Waals surface area contributed by atoms with Crippen LogP contribution in [0.25, 0.3) is 33.0 Å². The van der Waals surface area contributed by atoms with Crippen LogP contribution in [0.3, 0.4) is 0 Å². The van der Waals surface area contributed by atoms with E-state index >= 15 is 4.39 Å². The molecular weight excluding hydrogens is 585 g/mol. The van der Waals surface area contributed by atoms with Gasteiger partial charge in [0.15, 0.2) is 17.2 Å². The first kappa shape index (κ1) is 29.2. The largest absolute Gasteiger partial charge is 0.380 e. The highest BCUT2D eigenvalue weighted by atomic mass is 35.5.